The number of sulfone groups is 1. The molecule has 138 valence electrons. The van der Waals surface area contributed by atoms with Crippen LogP contribution in [-0.4, -0.2) is 29.3 Å². The molecule has 0 saturated carbocycles. The first kappa shape index (κ1) is 19.2. The van der Waals surface area contributed by atoms with Crippen LogP contribution >= 0.6 is 0 Å². The molecule has 0 bridgehead atoms. The maximum atomic E-state index is 14.2. The van der Waals surface area contributed by atoms with Crippen LogP contribution < -0.4 is 0 Å². The van der Waals surface area contributed by atoms with Gasteiger partial charge in [0.25, 0.3) is 0 Å². The van der Waals surface area contributed by atoms with Crippen LogP contribution in [0.5, 0.6) is 11.5 Å². The molecule has 2 aromatic rings. The summed E-state index contributed by atoms with van der Waals surface area (Å²) in [6, 6.07) is 1.64. The number of aromatic hydroxyl groups is 2. The number of Topliss-reactive ketones (excluding diaryl/α,β-unsaturated/α-hetero) is 1. The summed E-state index contributed by atoms with van der Waals surface area (Å²) in [7, 11) is -4.91. The van der Waals surface area contributed by atoms with E-state index in [0.717, 1.165) is 0 Å². The van der Waals surface area contributed by atoms with Gasteiger partial charge in [0.15, 0.2) is 11.5 Å². The van der Waals surface area contributed by atoms with E-state index in [-0.39, 0.29) is 12.5 Å². The van der Waals surface area contributed by atoms with Gasteiger partial charge in [-0.3, -0.25) is 14.9 Å². The highest BCUT2D eigenvalue weighted by molar-refractivity contribution is 7.91. The Morgan fingerprint density at radius 1 is 1.19 bits per heavy atom. The Labute approximate surface area is 145 Å². The lowest BCUT2D eigenvalue weighted by molar-refractivity contribution is -0.386. The maximum Gasteiger partial charge on any atom is 0.315 e. The first-order chi connectivity index (χ1) is 12.0. The van der Waals surface area contributed by atoms with Crippen molar-refractivity contribution in [2.75, 3.05) is 0 Å². The van der Waals surface area contributed by atoms with Crippen LogP contribution in [0.25, 0.3) is 0 Å². The zero-order chi connectivity index (χ0) is 19.8. The Hall–Kier alpha value is -3.08. The molecule has 2 N–H and O–H groups in total. The minimum absolute atomic E-state index is 0.244. The van der Waals surface area contributed by atoms with Crippen molar-refractivity contribution in [3.05, 3.63) is 51.6 Å². The molecule has 0 radical (unpaired) electrons. The lowest BCUT2D eigenvalue weighted by atomic mass is 10.1. The summed E-state index contributed by atoms with van der Waals surface area (Å²) in [6.45, 7) is 1.35. The molecule has 8 nitrogen and oxygen atoms in total. The second-order valence-corrected chi connectivity index (χ2v) is 7.00. The van der Waals surface area contributed by atoms with Crippen molar-refractivity contribution >= 4 is 21.3 Å². The standard InChI is InChI=1S/C15H11F2NO7S/c1-2-12(19)9-3-7(16)4-10(17)15(9)26(24,25)8-5-11(18(22)23)14(21)13(20)6-8/h3-6,20-21H,2H2,1H3. The van der Waals surface area contributed by atoms with Gasteiger partial charge < -0.3 is 10.2 Å². The van der Waals surface area contributed by atoms with Crippen molar-refractivity contribution < 1.29 is 37.1 Å². The second kappa shape index (κ2) is 6.67. The minimum Gasteiger partial charge on any atom is -0.504 e. The summed E-state index contributed by atoms with van der Waals surface area (Å²) in [5.41, 5.74) is -1.91. The van der Waals surface area contributed by atoms with E-state index in [1.54, 1.807) is 0 Å². The van der Waals surface area contributed by atoms with E-state index in [9.17, 15) is 42.3 Å². The molecule has 0 aliphatic rings. The summed E-state index contributed by atoms with van der Waals surface area (Å²) in [6.07, 6.45) is -0.258. The van der Waals surface area contributed by atoms with E-state index in [0.29, 0.717) is 18.2 Å². The maximum absolute atomic E-state index is 14.2. The van der Waals surface area contributed by atoms with Gasteiger partial charge in [0.05, 0.1) is 9.82 Å². The number of ketones is 1. The number of hydrogen-bond acceptors (Lipinski definition) is 7. The van der Waals surface area contributed by atoms with Crippen LogP contribution in [0.3, 0.4) is 0 Å². The number of hydrogen-bond donors (Lipinski definition) is 2. The van der Waals surface area contributed by atoms with Gasteiger partial charge in [-0.15, -0.1) is 0 Å². The van der Waals surface area contributed by atoms with Crippen molar-refractivity contribution in [2.24, 2.45) is 0 Å². The van der Waals surface area contributed by atoms with Crippen LogP contribution in [0, 0.1) is 21.7 Å². The Balaban J connectivity index is 2.85. The highest BCUT2D eigenvalue weighted by Crippen LogP contribution is 2.39. The van der Waals surface area contributed by atoms with Crippen LogP contribution in [-0.2, 0) is 9.84 Å². The second-order valence-electron chi connectivity index (χ2n) is 5.11. The molecular weight excluding hydrogens is 376 g/mol. The zero-order valence-electron chi connectivity index (χ0n) is 13.1. The monoisotopic (exact) mass is 387 g/mol. The summed E-state index contributed by atoms with van der Waals surface area (Å²) < 4.78 is 53.1. The Kier molecular flexibility index (Phi) is 4.94. The third-order valence-electron chi connectivity index (χ3n) is 3.45. The lowest BCUT2D eigenvalue weighted by Crippen LogP contribution is -2.13. The normalized spacial score (nSPS) is 11.3. The topological polar surface area (TPSA) is 135 Å². The highest BCUT2D eigenvalue weighted by atomic mass is 32.2. The van der Waals surface area contributed by atoms with Crippen LogP contribution in [0.2, 0.25) is 0 Å². The summed E-state index contributed by atoms with van der Waals surface area (Å²) in [5.74, 6) is -5.95. The molecule has 0 fully saturated rings. The molecule has 0 unspecified atom stereocenters. The molecule has 26 heavy (non-hydrogen) atoms. The van der Waals surface area contributed by atoms with Crippen molar-refractivity contribution in [1.82, 2.24) is 0 Å². The van der Waals surface area contributed by atoms with E-state index >= 15 is 0 Å². The number of rotatable bonds is 5. The third-order valence-corrected chi connectivity index (χ3v) is 5.26. The molecule has 2 aromatic carbocycles. The number of nitrogens with zero attached hydrogens (tertiary/aromatic N) is 1. The van der Waals surface area contributed by atoms with Gasteiger partial charge in [-0.2, -0.15) is 0 Å². The third kappa shape index (κ3) is 3.20. The number of halogens is 2. The molecule has 0 aromatic heterocycles. The zero-order valence-corrected chi connectivity index (χ0v) is 13.9. The molecule has 0 aliphatic heterocycles. The quantitative estimate of drug-likeness (QED) is 0.265. The van der Waals surface area contributed by atoms with Gasteiger partial charge >= 0.3 is 5.69 Å². The van der Waals surface area contributed by atoms with Gasteiger partial charge in [-0.1, -0.05) is 6.92 Å². The molecule has 2 rings (SSSR count). The van der Waals surface area contributed by atoms with Crippen molar-refractivity contribution in [3.8, 4) is 11.5 Å². The highest BCUT2D eigenvalue weighted by Gasteiger charge is 2.32. The molecular formula is C15H11F2NO7S. The van der Waals surface area contributed by atoms with Gasteiger partial charge in [0, 0.05) is 30.2 Å². The fourth-order valence-electron chi connectivity index (χ4n) is 2.22. The fourth-order valence-corrected chi connectivity index (χ4v) is 3.77. The van der Waals surface area contributed by atoms with Gasteiger partial charge in [-0.25, -0.2) is 17.2 Å². The predicted molar refractivity (Wildman–Crippen MR) is 82.9 cm³/mol. The van der Waals surface area contributed by atoms with Crippen LogP contribution in [0.15, 0.2) is 34.1 Å². The van der Waals surface area contributed by atoms with E-state index in [1.807, 2.05) is 0 Å². The summed E-state index contributed by atoms with van der Waals surface area (Å²) in [4.78, 5) is 19.5. The first-order valence-electron chi connectivity index (χ1n) is 6.98. The fraction of sp³-hybridized carbons (Fsp3) is 0.133. The smallest absolute Gasteiger partial charge is 0.315 e. The molecule has 0 heterocycles. The number of phenolic OH excluding ortho intramolecular Hbond substituents is 2. The van der Waals surface area contributed by atoms with E-state index in [4.69, 9.17) is 0 Å². The number of benzene rings is 2. The Morgan fingerprint density at radius 2 is 1.81 bits per heavy atom. The van der Waals surface area contributed by atoms with Crippen LogP contribution in [0.1, 0.15) is 23.7 Å². The number of phenols is 2. The number of nitro groups is 1. The van der Waals surface area contributed by atoms with Crippen LogP contribution in [0.4, 0.5) is 14.5 Å². The largest absolute Gasteiger partial charge is 0.504 e. The summed E-state index contributed by atoms with van der Waals surface area (Å²) >= 11 is 0. The molecule has 0 spiro atoms. The SMILES string of the molecule is CCC(=O)c1cc(F)cc(F)c1S(=O)(=O)c1cc(O)c(O)c([N+](=O)[O-])c1. The van der Waals surface area contributed by atoms with E-state index in [2.05, 4.69) is 0 Å². The molecule has 0 aliphatic carbocycles. The average Bonchev–Trinajstić information content (AvgIpc) is 2.54. The van der Waals surface area contributed by atoms with Gasteiger partial charge in [0.1, 0.15) is 16.5 Å². The first-order valence-corrected chi connectivity index (χ1v) is 8.46. The van der Waals surface area contributed by atoms with E-state index in [1.165, 1.54) is 6.92 Å². The lowest BCUT2D eigenvalue weighted by Gasteiger charge is -2.12. The predicted octanol–water partition coefficient (Wildman–Crippen LogP) is 2.71. The van der Waals surface area contributed by atoms with Crippen molar-refractivity contribution in [2.45, 2.75) is 23.1 Å². The van der Waals surface area contributed by atoms with Gasteiger partial charge in [0.2, 0.25) is 15.6 Å². The Bertz CT molecular complexity index is 1030. The Morgan fingerprint density at radius 3 is 2.35 bits per heavy atom. The summed E-state index contributed by atoms with van der Waals surface area (Å²) in [5, 5.41) is 29.9. The molecule has 0 amide bonds. The van der Waals surface area contributed by atoms with E-state index < -0.39 is 64.7 Å². The average molecular weight is 387 g/mol. The van der Waals surface area contributed by atoms with Gasteiger partial charge in [-0.05, 0) is 6.07 Å². The number of carbonyl (C=O) groups is 1. The van der Waals surface area contributed by atoms with Crippen molar-refractivity contribution in [1.29, 1.82) is 0 Å². The number of carbonyl (C=O) groups excluding carboxylic acids is 1. The molecule has 11 heteroatoms. The molecule has 0 saturated heterocycles. The van der Waals surface area contributed by atoms with Crippen molar-refractivity contribution in [3.63, 3.8) is 0 Å². The minimum atomic E-state index is -4.91. The number of nitro benzene ring substituents is 1. The molecule has 0 atom stereocenters.